The smallest absolute Gasteiger partial charge is 0.251 e. The van der Waals surface area contributed by atoms with E-state index in [-0.39, 0.29) is 23.3 Å². The molecule has 4 heterocycles. The van der Waals surface area contributed by atoms with E-state index >= 15 is 0 Å². The number of H-pyrrole nitrogens is 1. The van der Waals surface area contributed by atoms with Gasteiger partial charge in [-0.3, -0.25) is 9.59 Å². The van der Waals surface area contributed by atoms with Crippen LogP contribution in [0, 0.1) is 5.92 Å². The summed E-state index contributed by atoms with van der Waals surface area (Å²) in [6, 6.07) is 3.43. The fraction of sp³-hybridized carbons (Fsp3) is 0.526. The van der Waals surface area contributed by atoms with E-state index in [0.29, 0.717) is 50.5 Å². The Kier molecular flexibility index (Phi) is 5.58. The Morgan fingerprint density at radius 3 is 2.66 bits per heavy atom. The molecule has 8 nitrogen and oxygen atoms in total. The summed E-state index contributed by atoms with van der Waals surface area (Å²) >= 11 is 1.55. The van der Waals surface area contributed by atoms with Gasteiger partial charge in [0.1, 0.15) is 5.82 Å². The van der Waals surface area contributed by atoms with Gasteiger partial charge in [-0.15, -0.1) is 0 Å². The first-order valence-electron chi connectivity index (χ1n) is 9.69. The third kappa shape index (κ3) is 4.44. The minimum absolute atomic E-state index is 0.00124. The van der Waals surface area contributed by atoms with E-state index in [9.17, 15) is 18.0 Å². The van der Waals surface area contributed by atoms with E-state index in [2.05, 4.69) is 9.97 Å². The van der Waals surface area contributed by atoms with Crippen molar-refractivity contribution < 1.29 is 13.2 Å². The molecule has 2 aliphatic heterocycles. The number of amides is 1. The first-order valence-corrected chi connectivity index (χ1v) is 12.5. The number of sulfonamides is 1. The number of thiophene rings is 1. The summed E-state index contributed by atoms with van der Waals surface area (Å²) in [7, 11) is -3.20. The lowest BCUT2D eigenvalue weighted by molar-refractivity contribution is -0.135. The maximum absolute atomic E-state index is 12.9. The standard InChI is InChI=1S/C19H24N4O4S2/c1-29(26,27)23-7-3-13(4-8-23)19(25)22-6-2-14(11-22)18-20-16(10-17(24)21-18)15-5-9-28-12-15/h5,9-10,12-14H,2-4,6-8,11H2,1H3,(H,20,21,24)/t14-/m1/s1. The van der Waals surface area contributed by atoms with E-state index in [1.54, 1.807) is 11.3 Å². The maximum atomic E-state index is 12.9. The van der Waals surface area contributed by atoms with Gasteiger partial charge in [-0.1, -0.05) is 0 Å². The molecule has 1 N–H and O–H groups in total. The third-order valence-corrected chi connectivity index (χ3v) is 7.72. The van der Waals surface area contributed by atoms with Crippen LogP contribution in [0.5, 0.6) is 0 Å². The summed E-state index contributed by atoms with van der Waals surface area (Å²) in [4.78, 5) is 34.3. The van der Waals surface area contributed by atoms with Crippen molar-refractivity contribution in [2.24, 2.45) is 5.92 Å². The number of aromatic amines is 1. The lowest BCUT2D eigenvalue weighted by Crippen LogP contribution is -2.43. The highest BCUT2D eigenvalue weighted by molar-refractivity contribution is 7.88. The Labute approximate surface area is 173 Å². The van der Waals surface area contributed by atoms with Gasteiger partial charge in [0.15, 0.2) is 0 Å². The van der Waals surface area contributed by atoms with Gasteiger partial charge >= 0.3 is 0 Å². The Morgan fingerprint density at radius 2 is 2.00 bits per heavy atom. The van der Waals surface area contributed by atoms with Gasteiger partial charge in [0, 0.05) is 55.0 Å². The molecule has 0 aliphatic carbocycles. The van der Waals surface area contributed by atoms with Crippen LogP contribution in [0.15, 0.2) is 27.7 Å². The molecule has 0 aromatic carbocycles. The molecule has 1 atom stereocenters. The summed E-state index contributed by atoms with van der Waals surface area (Å²) in [6.45, 7) is 1.94. The van der Waals surface area contributed by atoms with Crippen molar-refractivity contribution in [2.45, 2.75) is 25.2 Å². The van der Waals surface area contributed by atoms with Crippen LogP contribution in [0.3, 0.4) is 0 Å². The number of hydrogen-bond donors (Lipinski definition) is 1. The molecule has 2 aliphatic rings. The van der Waals surface area contributed by atoms with Crippen LogP contribution in [0.25, 0.3) is 11.3 Å². The number of carbonyl (C=O) groups is 1. The van der Waals surface area contributed by atoms with Crippen LogP contribution in [-0.2, 0) is 14.8 Å². The van der Waals surface area contributed by atoms with Gasteiger partial charge in [-0.05, 0) is 30.7 Å². The highest BCUT2D eigenvalue weighted by Crippen LogP contribution is 2.29. The van der Waals surface area contributed by atoms with Crippen molar-refractivity contribution >= 4 is 27.3 Å². The number of hydrogen-bond acceptors (Lipinski definition) is 6. The average Bonchev–Trinajstić information content (AvgIpc) is 3.38. The second-order valence-electron chi connectivity index (χ2n) is 7.73. The van der Waals surface area contributed by atoms with E-state index in [0.717, 1.165) is 12.0 Å². The first kappa shape index (κ1) is 20.2. The van der Waals surface area contributed by atoms with Crippen molar-refractivity contribution in [3.05, 3.63) is 39.1 Å². The zero-order valence-corrected chi connectivity index (χ0v) is 17.8. The molecular formula is C19H24N4O4S2. The molecule has 0 saturated carbocycles. The quantitative estimate of drug-likeness (QED) is 0.782. The summed E-state index contributed by atoms with van der Waals surface area (Å²) in [5.41, 5.74) is 1.39. The lowest BCUT2D eigenvalue weighted by Gasteiger charge is -2.31. The molecule has 0 bridgehead atoms. The van der Waals surface area contributed by atoms with E-state index in [1.807, 2.05) is 21.7 Å². The minimum Gasteiger partial charge on any atom is -0.342 e. The largest absolute Gasteiger partial charge is 0.342 e. The number of nitrogens with one attached hydrogen (secondary N) is 1. The maximum Gasteiger partial charge on any atom is 0.251 e. The molecule has 2 fully saturated rings. The van der Waals surface area contributed by atoms with Crippen molar-refractivity contribution in [1.82, 2.24) is 19.2 Å². The molecule has 0 radical (unpaired) electrons. The number of piperidine rings is 1. The normalized spacial score (nSPS) is 21.6. The topological polar surface area (TPSA) is 103 Å². The van der Waals surface area contributed by atoms with Crippen LogP contribution in [-0.4, -0.2) is 65.9 Å². The molecule has 2 aromatic heterocycles. The van der Waals surface area contributed by atoms with E-state index < -0.39 is 10.0 Å². The predicted molar refractivity (Wildman–Crippen MR) is 111 cm³/mol. The number of carbonyl (C=O) groups excluding carboxylic acids is 1. The Hall–Kier alpha value is -2.04. The van der Waals surface area contributed by atoms with Gasteiger partial charge < -0.3 is 9.88 Å². The average molecular weight is 437 g/mol. The zero-order chi connectivity index (χ0) is 20.6. The first-order chi connectivity index (χ1) is 13.8. The molecular weight excluding hydrogens is 412 g/mol. The molecule has 29 heavy (non-hydrogen) atoms. The number of aromatic nitrogens is 2. The molecule has 2 aromatic rings. The second kappa shape index (κ2) is 8.00. The molecule has 0 spiro atoms. The number of likely N-dealkylation sites (tertiary alicyclic amines) is 1. The summed E-state index contributed by atoms with van der Waals surface area (Å²) < 4.78 is 24.7. The Balaban J connectivity index is 1.42. The summed E-state index contributed by atoms with van der Waals surface area (Å²) in [6.07, 6.45) is 3.06. The van der Waals surface area contributed by atoms with Crippen molar-refractivity contribution in [2.75, 3.05) is 32.4 Å². The van der Waals surface area contributed by atoms with Gasteiger partial charge in [-0.2, -0.15) is 11.3 Å². The van der Waals surface area contributed by atoms with E-state index in [1.165, 1.54) is 16.6 Å². The van der Waals surface area contributed by atoms with Crippen LogP contribution < -0.4 is 5.56 Å². The molecule has 2 saturated heterocycles. The molecule has 156 valence electrons. The molecule has 4 rings (SSSR count). The minimum atomic E-state index is -3.20. The van der Waals surface area contributed by atoms with E-state index in [4.69, 9.17) is 0 Å². The Bertz CT molecular complexity index is 1040. The van der Waals surface area contributed by atoms with Crippen molar-refractivity contribution in [3.8, 4) is 11.3 Å². The summed E-state index contributed by atoms with van der Waals surface area (Å²) in [5.74, 6) is 0.565. The fourth-order valence-corrected chi connectivity index (χ4v) is 5.63. The van der Waals surface area contributed by atoms with Crippen LogP contribution in [0.1, 0.15) is 31.0 Å². The SMILES string of the molecule is CS(=O)(=O)N1CCC(C(=O)N2CC[C@@H](c3nc(-c4ccsc4)cc(=O)[nH]3)C2)CC1. The van der Waals surface area contributed by atoms with Crippen LogP contribution >= 0.6 is 11.3 Å². The number of rotatable bonds is 4. The monoisotopic (exact) mass is 436 g/mol. The molecule has 10 heteroatoms. The van der Waals surface area contributed by atoms with Gasteiger partial charge in [0.05, 0.1) is 11.9 Å². The highest BCUT2D eigenvalue weighted by atomic mass is 32.2. The molecule has 1 amide bonds. The van der Waals surface area contributed by atoms with Crippen LogP contribution in [0.4, 0.5) is 0 Å². The lowest BCUT2D eigenvalue weighted by atomic mass is 9.96. The predicted octanol–water partition coefficient (Wildman–Crippen LogP) is 1.49. The number of nitrogens with zero attached hydrogens (tertiary/aromatic N) is 3. The van der Waals surface area contributed by atoms with Crippen molar-refractivity contribution in [3.63, 3.8) is 0 Å². The Morgan fingerprint density at radius 1 is 1.24 bits per heavy atom. The third-order valence-electron chi connectivity index (χ3n) is 5.74. The second-order valence-corrected chi connectivity index (χ2v) is 10.5. The van der Waals surface area contributed by atoms with Gasteiger partial charge in [0.25, 0.3) is 5.56 Å². The fourth-order valence-electron chi connectivity index (χ4n) is 4.10. The van der Waals surface area contributed by atoms with Crippen LogP contribution in [0.2, 0.25) is 0 Å². The highest BCUT2D eigenvalue weighted by Gasteiger charge is 2.35. The van der Waals surface area contributed by atoms with Crippen molar-refractivity contribution in [1.29, 1.82) is 0 Å². The molecule has 0 unspecified atom stereocenters. The zero-order valence-electron chi connectivity index (χ0n) is 16.2. The summed E-state index contributed by atoms with van der Waals surface area (Å²) in [5, 5.41) is 3.90. The van der Waals surface area contributed by atoms with Gasteiger partial charge in [0.2, 0.25) is 15.9 Å². The van der Waals surface area contributed by atoms with Gasteiger partial charge in [-0.25, -0.2) is 17.7 Å².